The number of hydrogen-bond donors (Lipinski definition) is 0. The van der Waals surface area contributed by atoms with Crippen LogP contribution in [0.4, 0.5) is 4.79 Å². The van der Waals surface area contributed by atoms with Crippen molar-refractivity contribution >= 4 is 29.2 Å². The SMILES string of the molecule is COC(=O)C1=CN(C(=O)OC)C=C(C(=O)OC)c2ccccc21. The summed E-state index contributed by atoms with van der Waals surface area (Å²) in [5, 5.41) is 0. The van der Waals surface area contributed by atoms with Crippen molar-refractivity contribution in [2.45, 2.75) is 0 Å². The molecule has 0 aliphatic carbocycles. The minimum atomic E-state index is -0.763. The third kappa shape index (κ3) is 3.08. The topological polar surface area (TPSA) is 82.1 Å². The van der Waals surface area contributed by atoms with Crippen molar-refractivity contribution in [2.24, 2.45) is 0 Å². The lowest BCUT2D eigenvalue weighted by Gasteiger charge is -2.12. The smallest absolute Gasteiger partial charge is 0.417 e. The number of carbonyl (C=O) groups is 3. The molecule has 1 aliphatic rings. The van der Waals surface area contributed by atoms with Gasteiger partial charge in [-0.2, -0.15) is 0 Å². The van der Waals surface area contributed by atoms with Gasteiger partial charge in [0, 0.05) is 12.4 Å². The summed E-state index contributed by atoms with van der Waals surface area (Å²) in [6.07, 6.45) is 1.75. The number of fused-ring (bicyclic) bond motifs is 1. The number of ether oxygens (including phenoxy) is 3. The van der Waals surface area contributed by atoms with E-state index in [1.807, 2.05) is 0 Å². The normalized spacial score (nSPS) is 13.1. The van der Waals surface area contributed by atoms with E-state index < -0.39 is 18.0 Å². The quantitative estimate of drug-likeness (QED) is 0.611. The largest absolute Gasteiger partial charge is 0.465 e. The van der Waals surface area contributed by atoms with Crippen molar-refractivity contribution < 1.29 is 28.6 Å². The predicted octanol–water partition coefficient (Wildman–Crippen LogP) is 1.80. The number of methoxy groups -OCH3 is 3. The molecule has 23 heavy (non-hydrogen) atoms. The minimum Gasteiger partial charge on any atom is -0.465 e. The fourth-order valence-corrected chi connectivity index (χ4v) is 2.16. The Morgan fingerprint density at radius 3 is 1.57 bits per heavy atom. The van der Waals surface area contributed by atoms with Crippen molar-refractivity contribution in [2.75, 3.05) is 21.3 Å². The van der Waals surface area contributed by atoms with Crippen LogP contribution < -0.4 is 0 Å². The zero-order chi connectivity index (χ0) is 17.0. The molecule has 1 aromatic rings. The number of nitrogens with zero attached hydrogens (tertiary/aromatic N) is 1. The highest BCUT2D eigenvalue weighted by Gasteiger charge is 2.27. The van der Waals surface area contributed by atoms with Crippen molar-refractivity contribution in [3.05, 3.63) is 47.8 Å². The number of esters is 2. The van der Waals surface area contributed by atoms with E-state index in [9.17, 15) is 14.4 Å². The lowest BCUT2D eigenvalue weighted by Crippen LogP contribution is -2.21. The van der Waals surface area contributed by atoms with E-state index in [2.05, 4.69) is 4.74 Å². The molecule has 0 atom stereocenters. The first-order valence-electron chi connectivity index (χ1n) is 6.59. The molecule has 0 N–H and O–H groups in total. The summed E-state index contributed by atoms with van der Waals surface area (Å²) in [5.74, 6) is -1.29. The zero-order valence-electron chi connectivity index (χ0n) is 12.9. The highest BCUT2D eigenvalue weighted by Crippen LogP contribution is 2.31. The first-order chi connectivity index (χ1) is 11.0. The number of rotatable bonds is 2. The Hall–Kier alpha value is -3.09. The van der Waals surface area contributed by atoms with Crippen molar-refractivity contribution in [3.63, 3.8) is 0 Å². The standard InChI is InChI=1S/C16H15NO6/c1-21-14(18)12-8-17(16(20)23-3)9-13(15(19)22-2)11-7-5-4-6-10(11)12/h4-9H,1-3H3. The van der Waals surface area contributed by atoms with Crippen LogP contribution in [0.5, 0.6) is 0 Å². The van der Waals surface area contributed by atoms with E-state index in [1.54, 1.807) is 24.3 Å². The maximum atomic E-state index is 12.1. The molecule has 2 rings (SSSR count). The fraction of sp³-hybridized carbons (Fsp3) is 0.188. The highest BCUT2D eigenvalue weighted by atomic mass is 16.5. The molecule has 0 saturated heterocycles. The van der Waals surface area contributed by atoms with Crippen LogP contribution in [-0.4, -0.2) is 44.3 Å². The van der Waals surface area contributed by atoms with Gasteiger partial charge in [0.15, 0.2) is 0 Å². The zero-order valence-corrected chi connectivity index (χ0v) is 12.9. The lowest BCUT2D eigenvalue weighted by atomic mass is 9.96. The second kappa shape index (κ2) is 6.78. The molecule has 1 aliphatic heterocycles. The minimum absolute atomic E-state index is 0.114. The summed E-state index contributed by atoms with van der Waals surface area (Å²) in [6.45, 7) is 0. The van der Waals surface area contributed by atoms with Gasteiger partial charge in [-0.3, -0.25) is 4.90 Å². The first kappa shape index (κ1) is 16.3. The summed E-state index contributed by atoms with van der Waals surface area (Å²) in [4.78, 5) is 37.0. The summed E-state index contributed by atoms with van der Waals surface area (Å²) in [7, 11) is 3.65. The average molecular weight is 317 g/mol. The van der Waals surface area contributed by atoms with Gasteiger partial charge in [-0.25, -0.2) is 14.4 Å². The first-order valence-corrected chi connectivity index (χ1v) is 6.59. The molecule has 0 fully saturated rings. The van der Waals surface area contributed by atoms with Crippen LogP contribution >= 0.6 is 0 Å². The molecule has 0 saturated carbocycles. The number of carbonyl (C=O) groups excluding carboxylic acids is 3. The van der Waals surface area contributed by atoms with Crippen molar-refractivity contribution in [1.29, 1.82) is 0 Å². The van der Waals surface area contributed by atoms with Crippen molar-refractivity contribution in [3.8, 4) is 0 Å². The summed E-state index contributed by atoms with van der Waals surface area (Å²) < 4.78 is 14.2. The van der Waals surface area contributed by atoms with Crippen LogP contribution in [0, 0.1) is 0 Å². The van der Waals surface area contributed by atoms with E-state index in [0.29, 0.717) is 11.1 Å². The van der Waals surface area contributed by atoms with Gasteiger partial charge < -0.3 is 14.2 Å². The highest BCUT2D eigenvalue weighted by molar-refractivity contribution is 6.23. The van der Waals surface area contributed by atoms with Crippen LogP contribution in [0.25, 0.3) is 11.1 Å². The Bertz CT molecular complexity index is 666. The van der Waals surface area contributed by atoms with E-state index >= 15 is 0 Å². The average Bonchev–Trinajstić information content (AvgIpc) is 2.77. The molecule has 7 heteroatoms. The maximum Gasteiger partial charge on any atom is 0.417 e. The van der Waals surface area contributed by atoms with Crippen LogP contribution in [-0.2, 0) is 23.8 Å². The number of hydrogen-bond acceptors (Lipinski definition) is 6. The number of benzene rings is 1. The van der Waals surface area contributed by atoms with Gasteiger partial charge in [-0.1, -0.05) is 24.3 Å². The summed E-state index contributed by atoms with van der Waals surface area (Å²) in [6, 6.07) is 6.71. The predicted molar refractivity (Wildman–Crippen MR) is 80.7 cm³/mol. The van der Waals surface area contributed by atoms with Gasteiger partial charge in [0.05, 0.1) is 32.5 Å². The van der Waals surface area contributed by atoms with E-state index in [4.69, 9.17) is 9.47 Å². The molecule has 0 aromatic heterocycles. The Morgan fingerprint density at radius 2 is 1.22 bits per heavy atom. The molecular weight excluding hydrogens is 302 g/mol. The van der Waals surface area contributed by atoms with Crippen LogP contribution in [0.2, 0.25) is 0 Å². The fourth-order valence-electron chi connectivity index (χ4n) is 2.16. The van der Waals surface area contributed by atoms with E-state index in [-0.39, 0.29) is 11.1 Å². The van der Waals surface area contributed by atoms with Gasteiger partial charge in [-0.15, -0.1) is 0 Å². The molecule has 0 bridgehead atoms. The molecule has 7 nitrogen and oxygen atoms in total. The molecule has 1 aromatic carbocycles. The molecule has 1 heterocycles. The molecule has 1 amide bonds. The second-order valence-corrected chi connectivity index (χ2v) is 4.49. The molecule has 0 unspecified atom stereocenters. The Kier molecular flexibility index (Phi) is 4.80. The maximum absolute atomic E-state index is 12.1. The second-order valence-electron chi connectivity index (χ2n) is 4.49. The van der Waals surface area contributed by atoms with Crippen LogP contribution in [0.15, 0.2) is 36.7 Å². The van der Waals surface area contributed by atoms with Gasteiger partial charge in [-0.05, 0) is 11.1 Å². The molecule has 120 valence electrons. The molecule has 0 spiro atoms. The summed E-state index contributed by atoms with van der Waals surface area (Å²) in [5.41, 5.74) is 1.12. The van der Waals surface area contributed by atoms with Crippen molar-refractivity contribution in [1.82, 2.24) is 4.90 Å². The van der Waals surface area contributed by atoms with E-state index in [1.165, 1.54) is 33.7 Å². The molecular formula is C16H15NO6. The molecule has 0 radical (unpaired) electrons. The Labute approximate surface area is 132 Å². The van der Waals surface area contributed by atoms with Crippen LogP contribution in [0.3, 0.4) is 0 Å². The summed E-state index contributed by atoms with van der Waals surface area (Å²) >= 11 is 0. The lowest BCUT2D eigenvalue weighted by molar-refractivity contribution is -0.134. The van der Waals surface area contributed by atoms with E-state index in [0.717, 1.165) is 4.90 Å². The van der Waals surface area contributed by atoms with Gasteiger partial charge in [0.2, 0.25) is 0 Å². The monoisotopic (exact) mass is 317 g/mol. The Balaban J connectivity index is 2.72. The van der Waals surface area contributed by atoms with Gasteiger partial charge in [0.25, 0.3) is 0 Å². The Morgan fingerprint density at radius 1 is 0.783 bits per heavy atom. The third-order valence-corrected chi connectivity index (χ3v) is 3.24. The van der Waals surface area contributed by atoms with Gasteiger partial charge >= 0.3 is 18.0 Å². The van der Waals surface area contributed by atoms with Crippen LogP contribution in [0.1, 0.15) is 11.1 Å². The van der Waals surface area contributed by atoms with Gasteiger partial charge in [0.1, 0.15) is 0 Å². The number of amides is 1. The third-order valence-electron chi connectivity index (χ3n) is 3.24.